The minimum atomic E-state index is -0.227. The lowest BCUT2D eigenvalue weighted by atomic mass is 10.1. The molecular formula is C15H12N2O2. The summed E-state index contributed by atoms with van der Waals surface area (Å²) >= 11 is 0. The van der Waals surface area contributed by atoms with Gasteiger partial charge in [-0.15, -0.1) is 6.42 Å². The van der Waals surface area contributed by atoms with Gasteiger partial charge in [0.05, 0.1) is 5.69 Å². The largest absolute Gasteiger partial charge is 0.480 e. The summed E-state index contributed by atoms with van der Waals surface area (Å²) in [6, 6.07) is 10.6. The Bertz CT molecular complexity index is 661. The van der Waals surface area contributed by atoms with E-state index in [4.69, 9.17) is 11.2 Å². The van der Waals surface area contributed by atoms with Gasteiger partial charge in [-0.25, -0.2) is 5.10 Å². The van der Waals surface area contributed by atoms with Crippen molar-refractivity contribution in [3.63, 3.8) is 0 Å². The number of para-hydroxylation sites is 1. The number of nitrogens with one attached hydrogen (secondary N) is 1. The molecule has 0 fully saturated rings. The maximum Gasteiger partial charge on any atom is 0.264 e. The van der Waals surface area contributed by atoms with Crippen LogP contribution >= 0.6 is 0 Å². The molecule has 19 heavy (non-hydrogen) atoms. The molecule has 2 aromatic rings. The Labute approximate surface area is 110 Å². The van der Waals surface area contributed by atoms with Crippen molar-refractivity contribution in [1.29, 1.82) is 0 Å². The first-order chi connectivity index (χ1) is 9.29. The number of aromatic nitrogens is 2. The molecule has 0 bridgehead atoms. The van der Waals surface area contributed by atoms with E-state index in [1.807, 2.05) is 30.3 Å². The minimum absolute atomic E-state index is 0.224. The number of terminal acetylenes is 1. The van der Waals surface area contributed by atoms with E-state index < -0.39 is 0 Å². The summed E-state index contributed by atoms with van der Waals surface area (Å²) in [6.45, 7) is 0.224. The zero-order valence-electron chi connectivity index (χ0n) is 10.2. The molecule has 4 nitrogen and oxygen atoms in total. The highest BCUT2D eigenvalue weighted by Crippen LogP contribution is 2.20. The number of H-pyrrole nitrogens is 1. The Morgan fingerprint density at radius 1 is 1.26 bits per heavy atom. The molecule has 0 unspecified atom stereocenters. The zero-order valence-corrected chi connectivity index (χ0v) is 10.2. The summed E-state index contributed by atoms with van der Waals surface area (Å²) in [6.07, 6.45) is 8.81. The molecule has 0 aliphatic rings. The van der Waals surface area contributed by atoms with Gasteiger partial charge in [0.25, 0.3) is 5.56 Å². The van der Waals surface area contributed by atoms with Crippen molar-refractivity contribution in [3.05, 3.63) is 58.0 Å². The zero-order chi connectivity index (χ0) is 13.5. The van der Waals surface area contributed by atoms with Gasteiger partial charge in [-0.2, -0.15) is 5.10 Å². The molecule has 0 saturated carbocycles. The van der Waals surface area contributed by atoms with E-state index in [-0.39, 0.29) is 12.2 Å². The Morgan fingerprint density at radius 3 is 2.84 bits per heavy atom. The molecular weight excluding hydrogens is 240 g/mol. The standard InChI is InChI=1S/C15H12N2O2/c1-2-11-19-14-6-4-3-5-12(14)7-8-13-9-10-15(18)17-16-13/h1,3-10H,11H2,(H,17,18). The first kappa shape index (κ1) is 12.7. The van der Waals surface area contributed by atoms with E-state index >= 15 is 0 Å². The highest BCUT2D eigenvalue weighted by atomic mass is 16.5. The van der Waals surface area contributed by atoms with E-state index in [0.717, 1.165) is 5.56 Å². The van der Waals surface area contributed by atoms with Gasteiger partial charge in [-0.3, -0.25) is 4.79 Å². The van der Waals surface area contributed by atoms with Crippen molar-refractivity contribution in [2.24, 2.45) is 0 Å². The summed E-state index contributed by atoms with van der Waals surface area (Å²) in [7, 11) is 0. The van der Waals surface area contributed by atoms with Crippen LogP contribution in [0.25, 0.3) is 12.2 Å². The van der Waals surface area contributed by atoms with Crippen LogP contribution in [-0.4, -0.2) is 16.8 Å². The normalized spacial score (nSPS) is 10.3. The number of aromatic amines is 1. The molecule has 0 radical (unpaired) electrons. The second-order valence-corrected chi connectivity index (χ2v) is 3.71. The Balaban J connectivity index is 2.20. The summed E-state index contributed by atoms with van der Waals surface area (Å²) in [4.78, 5) is 10.9. The van der Waals surface area contributed by atoms with Crippen LogP contribution in [0.5, 0.6) is 5.75 Å². The second-order valence-electron chi connectivity index (χ2n) is 3.71. The lowest BCUT2D eigenvalue weighted by molar-refractivity contribution is 0.369. The number of hydrogen-bond acceptors (Lipinski definition) is 3. The molecule has 1 aromatic carbocycles. The van der Waals surface area contributed by atoms with Gasteiger partial charge in [0.2, 0.25) is 0 Å². The molecule has 0 saturated heterocycles. The monoisotopic (exact) mass is 252 g/mol. The van der Waals surface area contributed by atoms with Crippen LogP contribution in [0.15, 0.2) is 41.2 Å². The maximum atomic E-state index is 10.9. The van der Waals surface area contributed by atoms with Gasteiger partial charge >= 0.3 is 0 Å². The number of ether oxygens (including phenoxy) is 1. The Morgan fingerprint density at radius 2 is 2.11 bits per heavy atom. The van der Waals surface area contributed by atoms with Gasteiger partial charge in [0.15, 0.2) is 0 Å². The highest BCUT2D eigenvalue weighted by Gasteiger charge is 1.98. The minimum Gasteiger partial charge on any atom is -0.480 e. The molecule has 0 spiro atoms. The first-order valence-electron chi connectivity index (χ1n) is 5.69. The van der Waals surface area contributed by atoms with E-state index in [0.29, 0.717) is 11.4 Å². The van der Waals surface area contributed by atoms with Crippen molar-refractivity contribution in [2.45, 2.75) is 0 Å². The average Bonchev–Trinajstić information content (AvgIpc) is 2.45. The molecule has 4 heteroatoms. The third kappa shape index (κ3) is 3.58. The smallest absolute Gasteiger partial charge is 0.264 e. The van der Waals surface area contributed by atoms with Crippen molar-refractivity contribution < 1.29 is 4.74 Å². The molecule has 1 heterocycles. The molecule has 0 aliphatic carbocycles. The summed E-state index contributed by atoms with van der Waals surface area (Å²) in [5.74, 6) is 3.13. The first-order valence-corrected chi connectivity index (χ1v) is 5.69. The number of benzene rings is 1. The molecule has 0 amide bonds. The van der Waals surface area contributed by atoms with E-state index in [1.54, 1.807) is 12.1 Å². The van der Waals surface area contributed by atoms with Crippen LogP contribution in [0.3, 0.4) is 0 Å². The van der Waals surface area contributed by atoms with Gasteiger partial charge in [0.1, 0.15) is 12.4 Å². The lowest BCUT2D eigenvalue weighted by Crippen LogP contribution is -2.05. The summed E-state index contributed by atoms with van der Waals surface area (Å²) in [5.41, 5.74) is 1.33. The number of rotatable bonds is 4. The Hall–Kier alpha value is -2.80. The molecule has 1 aromatic heterocycles. The van der Waals surface area contributed by atoms with Crippen LogP contribution in [0.1, 0.15) is 11.3 Å². The third-order valence-corrected chi connectivity index (χ3v) is 2.36. The SMILES string of the molecule is C#CCOc1ccccc1C=Cc1ccc(=O)[nH]n1. The van der Waals surface area contributed by atoms with Crippen molar-refractivity contribution in [1.82, 2.24) is 10.2 Å². The average molecular weight is 252 g/mol. The number of nitrogens with zero attached hydrogens (tertiary/aromatic N) is 1. The van der Waals surface area contributed by atoms with Crippen LogP contribution in [0.2, 0.25) is 0 Å². The predicted molar refractivity (Wildman–Crippen MR) is 74.6 cm³/mol. The van der Waals surface area contributed by atoms with Crippen LogP contribution in [-0.2, 0) is 0 Å². The van der Waals surface area contributed by atoms with Crippen LogP contribution in [0.4, 0.5) is 0 Å². The molecule has 0 atom stereocenters. The fourth-order valence-electron chi connectivity index (χ4n) is 1.49. The molecule has 94 valence electrons. The molecule has 2 rings (SSSR count). The van der Waals surface area contributed by atoms with E-state index in [9.17, 15) is 4.79 Å². The second kappa shape index (κ2) is 6.22. The quantitative estimate of drug-likeness (QED) is 0.846. The summed E-state index contributed by atoms with van der Waals surface area (Å²) < 4.78 is 5.43. The van der Waals surface area contributed by atoms with Gasteiger partial charge in [-0.05, 0) is 24.3 Å². The fraction of sp³-hybridized carbons (Fsp3) is 0.0667. The van der Waals surface area contributed by atoms with Gasteiger partial charge in [0, 0.05) is 11.6 Å². The van der Waals surface area contributed by atoms with Crippen molar-refractivity contribution in [3.8, 4) is 18.1 Å². The third-order valence-electron chi connectivity index (χ3n) is 2.36. The Kier molecular flexibility index (Phi) is 4.14. The maximum absolute atomic E-state index is 10.9. The van der Waals surface area contributed by atoms with Gasteiger partial charge < -0.3 is 4.74 Å². The highest BCUT2D eigenvalue weighted by molar-refractivity contribution is 5.71. The topological polar surface area (TPSA) is 55.0 Å². The van der Waals surface area contributed by atoms with Crippen LogP contribution in [0, 0.1) is 12.3 Å². The van der Waals surface area contributed by atoms with Gasteiger partial charge in [-0.1, -0.05) is 24.1 Å². The summed E-state index contributed by atoms with van der Waals surface area (Å²) in [5, 5.41) is 6.26. The van der Waals surface area contributed by atoms with E-state index in [2.05, 4.69) is 16.1 Å². The van der Waals surface area contributed by atoms with Crippen molar-refractivity contribution in [2.75, 3.05) is 6.61 Å². The fourth-order valence-corrected chi connectivity index (χ4v) is 1.49. The molecule has 0 aliphatic heterocycles. The molecule has 1 N–H and O–H groups in total. The lowest BCUT2D eigenvalue weighted by Gasteiger charge is -2.05. The van der Waals surface area contributed by atoms with Crippen molar-refractivity contribution >= 4 is 12.2 Å². The predicted octanol–water partition coefficient (Wildman–Crippen LogP) is 1.95. The van der Waals surface area contributed by atoms with Crippen LogP contribution < -0.4 is 10.3 Å². The van der Waals surface area contributed by atoms with E-state index in [1.165, 1.54) is 6.07 Å². The number of hydrogen-bond donors (Lipinski definition) is 1.